The first kappa shape index (κ1) is 12.1. The van der Waals surface area contributed by atoms with E-state index in [1.807, 2.05) is 0 Å². The van der Waals surface area contributed by atoms with Crippen LogP contribution in [0.3, 0.4) is 0 Å². The number of rotatable bonds is 6. The molecule has 0 bridgehead atoms. The van der Waals surface area contributed by atoms with Gasteiger partial charge in [0.25, 0.3) is 0 Å². The van der Waals surface area contributed by atoms with Crippen LogP contribution in [0, 0.1) is 11.8 Å². The van der Waals surface area contributed by atoms with Crippen LogP contribution in [0.25, 0.3) is 0 Å². The average Bonchev–Trinajstić information content (AvgIpc) is 2.92. The molecule has 0 spiro atoms. The molecule has 1 saturated carbocycles. The molecule has 0 heterocycles. The van der Waals surface area contributed by atoms with E-state index in [1.165, 1.54) is 4.90 Å². The van der Waals surface area contributed by atoms with Crippen molar-refractivity contribution in [3.05, 3.63) is 12.2 Å². The first-order valence-corrected chi connectivity index (χ1v) is 6.31. The predicted molar refractivity (Wildman–Crippen MR) is 63.4 cm³/mol. The molecule has 94 valence electrons. The fraction of sp³-hybridized carbons (Fsp3) is 0.692. The molecule has 0 aromatic heterocycles. The molecule has 1 amide bonds. The molecule has 4 nitrogen and oxygen atoms in total. The SMILES string of the molecule is O=C(O)CN(CC1CC1)C(=O)CC1C=CCC1. The van der Waals surface area contributed by atoms with Crippen molar-refractivity contribution in [2.75, 3.05) is 13.1 Å². The molecule has 1 atom stereocenters. The summed E-state index contributed by atoms with van der Waals surface area (Å²) in [5, 5.41) is 8.82. The third-order valence-electron chi connectivity index (χ3n) is 3.40. The molecule has 1 N–H and O–H groups in total. The van der Waals surface area contributed by atoms with Crippen LogP contribution in [0.2, 0.25) is 0 Å². The van der Waals surface area contributed by atoms with Gasteiger partial charge in [0.15, 0.2) is 0 Å². The van der Waals surface area contributed by atoms with E-state index < -0.39 is 5.97 Å². The molecule has 4 heteroatoms. The van der Waals surface area contributed by atoms with Crippen LogP contribution >= 0.6 is 0 Å². The fourth-order valence-corrected chi connectivity index (χ4v) is 2.25. The Morgan fingerprint density at radius 2 is 2.06 bits per heavy atom. The first-order chi connectivity index (χ1) is 8.15. The molecular weight excluding hydrogens is 218 g/mol. The van der Waals surface area contributed by atoms with Crippen molar-refractivity contribution in [2.45, 2.75) is 32.1 Å². The molecule has 0 radical (unpaired) electrons. The summed E-state index contributed by atoms with van der Waals surface area (Å²) in [7, 11) is 0. The molecular formula is C13H19NO3. The van der Waals surface area contributed by atoms with Gasteiger partial charge in [0.1, 0.15) is 6.54 Å². The van der Waals surface area contributed by atoms with Gasteiger partial charge in [-0.1, -0.05) is 12.2 Å². The van der Waals surface area contributed by atoms with Gasteiger partial charge >= 0.3 is 5.97 Å². The highest BCUT2D eigenvalue weighted by Gasteiger charge is 2.28. The predicted octanol–water partition coefficient (Wildman–Crippen LogP) is 1.67. The van der Waals surface area contributed by atoms with Gasteiger partial charge in [-0.2, -0.15) is 0 Å². The Labute approximate surface area is 101 Å². The average molecular weight is 237 g/mol. The number of hydrogen-bond donors (Lipinski definition) is 1. The third-order valence-corrected chi connectivity index (χ3v) is 3.40. The third kappa shape index (κ3) is 3.88. The lowest BCUT2D eigenvalue weighted by molar-refractivity contribution is -0.144. The number of allylic oxidation sites excluding steroid dienone is 2. The number of nitrogens with zero attached hydrogens (tertiary/aromatic N) is 1. The number of aliphatic carboxylic acids is 1. The van der Waals surface area contributed by atoms with Crippen molar-refractivity contribution >= 4 is 11.9 Å². The Balaban J connectivity index is 1.85. The molecule has 0 aliphatic heterocycles. The van der Waals surface area contributed by atoms with Gasteiger partial charge in [0, 0.05) is 13.0 Å². The van der Waals surface area contributed by atoms with Crippen LogP contribution in [0.5, 0.6) is 0 Å². The van der Waals surface area contributed by atoms with Crippen LogP contribution in [-0.4, -0.2) is 35.0 Å². The normalized spacial score (nSPS) is 22.7. The molecule has 17 heavy (non-hydrogen) atoms. The van der Waals surface area contributed by atoms with E-state index in [0.29, 0.717) is 24.8 Å². The molecule has 0 saturated heterocycles. The lowest BCUT2D eigenvalue weighted by Gasteiger charge is -2.21. The summed E-state index contributed by atoms with van der Waals surface area (Å²) in [6.07, 6.45) is 8.97. The van der Waals surface area contributed by atoms with Crippen molar-refractivity contribution in [3.63, 3.8) is 0 Å². The van der Waals surface area contributed by atoms with Gasteiger partial charge in [-0.05, 0) is 37.5 Å². The number of hydrogen-bond acceptors (Lipinski definition) is 2. The highest BCUT2D eigenvalue weighted by atomic mass is 16.4. The maximum absolute atomic E-state index is 12.0. The van der Waals surface area contributed by atoms with E-state index in [9.17, 15) is 9.59 Å². The van der Waals surface area contributed by atoms with Crippen LogP contribution in [0.15, 0.2) is 12.2 Å². The summed E-state index contributed by atoms with van der Waals surface area (Å²) >= 11 is 0. The van der Waals surface area contributed by atoms with E-state index >= 15 is 0 Å². The summed E-state index contributed by atoms with van der Waals surface area (Å²) in [6.45, 7) is 0.479. The van der Waals surface area contributed by atoms with Crippen LogP contribution in [-0.2, 0) is 9.59 Å². The number of carbonyl (C=O) groups excluding carboxylic acids is 1. The van der Waals surface area contributed by atoms with E-state index in [2.05, 4.69) is 12.2 Å². The van der Waals surface area contributed by atoms with Gasteiger partial charge in [0.2, 0.25) is 5.91 Å². The van der Waals surface area contributed by atoms with Crippen molar-refractivity contribution < 1.29 is 14.7 Å². The van der Waals surface area contributed by atoms with Crippen molar-refractivity contribution in [3.8, 4) is 0 Å². The quantitative estimate of drug-likeness (QED) is 0.715. The van der Waals surface area contributed by atoms with Crippen LogP contribution in [0.4, 0.5) is 0 Å². The monoisotopic (exact) mass is 237 g/mol. The van der Waals surface area contributed by atoms with E-state index in [-0.39, 0.29) is 12.5 Å². The van der Waals surface area contributed by atoms with Crippen LogP contribution < -0.4 is 0 Å². The second-order valence-corrected chi connectivity index (χ2v) is 5.08. The molecule has 0 aromatic carbocycles. The Morgan fingerprint density at radius 3 is 2.59 bits per heavy atom. The van der Waals surface area contributed by atoms with E-state index in [1.54, 1.807) is 0 Å². The standard InChI is InChI=1S/C13H19NO3/c15-12(7-10-3-1-2-4-10)14(9-13(16)17)8-11-5-6-11/h1,3,10-11H,2,4-9H2,(H,16,17). The molecule has 2 aliphatic rings. The topological polar surface area (TPSA) is 57.6 Å². The summed E-state index contributed by atoms with van der Waals surface area (Å²) in [5.74, 6) is -0.0627. The Hall–Kier alpha value is -1.32. The second kappa shape index (κ2) is 5.34. The summed E-state index contributed by atoms with van der Waals surface area (Å²) in [6, 6.07) is 0. The van der Waals surface area contributed by atoms with Gasteiger partial charge < -0.3 is 10.0 Å². The number of carboxylic acid groups (broad SMARTS) is 1. The summed E-state index contributed by atoms with van der Waals surface area (Å²) in [5.41, 5.74) is 0. The fourth-order valence-electron chi connectivity index (χ4n) is 2.25. The first-order valence-electron chi connectivity index (χ1n) is 6.31. The minimum absolute atomic E-state index is 0.00384. The number of carbonyl (C=O) groups is 2. The van der Waals surface area contributed by atoms with Gasteiger partial charge in [-0.15, -0.1) is 0 Å². The number of carboxylic acids is 1. The number of amides is 1. The minimum Gasteiger partial charge on any atom is -0.480 e. The Morgan fingerprint density at radius 1 is 1.29 bits per heavy atom. The van der Waals surface area contributed by atoms with Gasteiger partial charge in [0.05, 0.1) is 0 Å². The van der Waals surface area contributed by atoms with Crippen molar-refractivity contribution in [2.24, 2.45) is 11.8 Å². The zero-order valence-electron chi connectivity index (χ0n) is 9.97. The molecule has 2 aliphatic carbocycles. The van der Waals surface area contributed by atoms with Crippen molar-refractivity contribution in [1.82, 2.24) is 4.90 Å². The minimum atomic E-state index is -0.916. The lowest BCUT2D eigenvalue weighted by atomic mass is 10.0. The summed E-state index contributed by atoms with van der Waals surface area (Å²) < 4.78 is 0. The van der Waals surface area contributed by atoms with Gasteiger partial charge in [-0.25, -0.2) is 0 Å². The molecule has 0 aromatic rings. The zero-order valence-corrected chi connectivity index (χ0v) is 9.97. The highest BCUT2D eigenvalue weighted by Crippen LogP contribution is 2.30. The van der Waals surface area contributed by atoms with E-state index in [4.69, 9.17) is 5.11 Å². The molecule has 2 rings (SSSR count). The second-order valence-electron chi connectivity index (χ2n) is 5.08. The van der Waals surface area contributed by atoms with Gasteiger partial charge in [-0.3, -0.25) is 9.59 Å². The summed E-state index contributed by atoms with van der Waals surface area (Å²) in [4.78, 5) is 24.3. The smallest absolute Gasteiger partial charge is 0.323 e. The largest absolute Gasteiger partial charge is 0.480 e. The highest BCUT2D eigenvalue weighted by molar-refractivity contribution is 5.81. The van der Waals surface area contributed by atoms with Crippen molar-refractivity contribution in [1.29, 1.82) is 0 Å². The maximum Gasteiger partial charge on any atom is 0.323 e. The van der Waals surface area contributed by atoms with E-state index in [0.717, 1.165) is 25.7 Å². The zero-order chi connectivity index (χ0) is 12.3. The lowest BCUT2D eigenvalue weighted by Crippen LogP contribution is -2.37. The Bertz CT molecular complexity index is 334. The Kier molecular flexibility index (Phi) is 3.82. The maximum atomic E-state index is 12.0. The van der Waals surface area contributed by atoms with Crippen LogP contribution in [0.1, 0.15) is 32.1 Å². The molecule has 1 unspecified atom stereocenters. The molecule has 1 fully saturated rings.